The van der Waals surface area contributed by atoms with Crippen molar-refractivity contribution in [2.75, 3.05) is 25.2 Å². The van der Waals surface area contributed by atoms with Gasteiger partial charge in [0.2, 0.25) is 17.7 Å². The van der Waals surface area contributed by atoms with Gasteiger partial charge in [-0.05, 0) is 24.3 Å². The fourth-order valence-corrected chi connectivity index (χ4v) is 2.37. The van der Waals surface area contributed by atoms with Gasteiger partial charge in [0.1, 0.15) is 12.1 Å². The van der Waals surface area contributed by atoms with Gasteiger partial charge in [0.05, 0.1) is 19.2 Å². The smallest absolute Gasteiger partial charge is 0.326 e. The summed E-state index contributed by atoms with van der Waals surface area (Å²) in [5.74, 6) is -2.89. The number of aliphatic carboxylic acids is 1. The molecule has 7 N–H and O–H groups in total. The first-order chi connectivity index (χ1) is 12.1. The van der Waals surface area contributed by atoms with Crippen LogP contribution in [0.5, 0.6) is 0 Å². The number of nitrogens with two attached hydrogens (primary N) is 1. The van der Waals surface area contributed by atoms with E-state index in [0.717, 1.165) is 0 Å². The van der Waals surface area contributed by atoms with Crippen LogP contribution in [0.4, 0.5) is 0 Å². The number of carboxylic acid groups (broad SMARTS) is 1. The molecule has 0 aromatic carbocycles. The van der Waals surface area contributed by atoms with Gasteiger partial charge in [-0.25, -0.2) is 4.79 Å². The number of hydrogen-bond donors (Lipinski definition) is 6. The van der Waals surface area contributed by atoms with Crippen molar-refractivity contribution >= 4 is 35.5 Å². The number of carbonyl (C=O) groups is 4. The third kappa shape index (κ3) is 9.02. The van der Waals surface area contributed by atoms with Crippen molar-refractivity contribution in [3.05, 3.63) is 0 Å². The van der Waals surface area contributed by atoms with Gasteiger partial charge in [-0.1, -0.05) is 13.8 Å². The molecule has 0 saturated carbocycles. The number of carbonyl (C=O) groups excluding carboxylic acids is 3. The maximum atomic E-state index is 12.0. The largest absolute Gasteiger partial charge is 0.480 e. The second kappa shape index (κ2) is 12.5. The molecular formula is C15H28N4O6S. The standard InChI is InChI=1S/C15H28N4O6S/c1-8(2)12(15(24)25)19-11(21)6-17-14(23)10(7-20)18-13(22)9(16)4-5-26-3/h8-10,12,20H,4-7,16H2,1-3H3,(H,17,23)(H,18,22)(H,19,21)(H,24,25). The molecule has 3 atom stereocenters. The average Bonchev–Trinajstić information content (AvgIpc) is 2.58. The molecule has 0 aromatic heterocycles. The summed E-state index contributed by atoms with van der Waals surface area (Å²) in [6.45, 7) is 2.11. The van der Waals surface area contributed by atoms with E-state index in [1.54, 1.807) is 13.8 Å². The van der Waals surface area contributed by atoms with E-state index in [1.807, 2.05) is 6.26 Å². The van der Waals surface area contributed by atoms with E-state index < -0.39 is 55.0 Å². The predicted octanol–water partition coefficient (Wildman–Crippen LogP) is -2.11. The molecule has 0 radical (unpaired) electrons. The molecule has 0 aliphatic heterocycles. The van der Waals surface area contributed by atoms with Gasteiger partial charge in [0.15, 0.2) is 0 Å². The van der Waals surface area contributed by atoms with Crippen LogP contribution in [0.1, 0.15) is 20.3 Å². The molecule has 0 aliphatic rings. The zero-order valence-electron chi connectivity index (χ0n) is 15.2. The zero-order chi connectivity index (χ0) is 20.3. The Hall–Kier alpha value is -1.85. The Bertz CT molecular complexity index is 503. The van der Waals surface area contributed by atoms with E-state index in [1.165, 1.54) is 11.8 Å². The maximum absolute atomic E-state index is 12.0. The van der Waals surface area contributed by atoms with E-state index >= 15 is 0 Å². The van der Waals surface area contributed by atoms with Crippen LogP contribution in [0.2, 0.25) is 0 Å². The molecule has 0 heterocycles. The molecule has 10 nitrogen and oxygen atoms in total. The van der Waals surface area contributed by atoms with E-state index in [9.17, 15) is 24.3 Å². The van der Waals surface area contributed by atoms with Crippen LogP contribution in [0.15, 0.2) is 0 Å². The topological polar surface area (TPSA) is 171 Å². The number of thioether (sulfide) groups is 1. The molecule has 0 rings (SSSR count). The van der Waals surface area contributed by atoms with E-state index in [0.29, 0.717) is 12.2 Å². The number of rotatable bonds is 12. The molecule has 3 unspecified atom stereocenters. The minimum absolute atomic E-state index is 0.334. The van der Waals surface area contributed by atoms with Crippen molar-refractivity contribution in [2.24, 2.45) is 11.7 Å². The lowest BCUT2D eigenvalue weighted by atomic mass is 10.1. The molecule has 0 bridgehead atoms. The van der Waals surface area contributed by atoms with Gasteiger partial charge in [-0.2, -0.15) is 11.8 Å². The maximum Gasteiger partial charge on any atom is 0.326 e. The number of aliphatic hydroxyl groups is 1. The Kier molecular flexibility index (Phi) is 11.6. The molecule has 0 fully saturated rings. The highest BCUT2D eigenvalue weighted by molar-refractivity contribution is 7.98. The number of hydrogen-bond acceptors (Lipinski definition) is 7. The van der Waals surface area contributed by atoms with Crippen LogP contribution in [0.25, 0.3) is 0 Å². The first-order valence-corrected chi connectivity index (χ1v) is 9.49. The fraction of sp³-hybridized carbons (Fsp3) is 0.733. The number of carboxylic acids is 1. The van der Waals surface area contributed by atoms with E-state index in [2.05, 4.69) is 16.0 Å². The predicted molar refractivity (Wildman–Crippen MR) is 97.4 cm³/mol. The second-order valence-electron chi connectivity index (χ2n) is 5.98. The summed E-state index contributed by atoms with van der Waals surface area (Å²) >= 11 is 1.52. The lowest BCUT2D eigenvalue weighted by Crippen LogP contribution is -2.55. The van der Waals surface area contributed by atoms with Crippen LogP contribution in [-0.2, 0) is 19.2 Å². The Morgan fingerprint density at radius 1 is 1.12 bits per heavy atom. The van der Waals surface area contributed by atoms with Crippen LogP contribution in [-0.4, -0.2) is 77.2 Å². The Labute approximate surface area is 156 Å². The lowest BCUT2D eigenvalue weighted by Gasteiger charge is -2.20. The molecular weight excluding hydrogens is 364 g/mol. The normalized spacial score (nSPS) is 14.2. The third-order valence-corrected chi connectivity index (χ3v) is 4.10. The van der Waals surface area contributed by atoms with Crippen LogP contribution in [0, 0.1) is 5.92 Å². The van der Waals surface area contributed by atoms with Crippen molar-refractivity contribution in [3.63, 3.8) is 0 Å². The Balaban J connectivity index is 4.51. The molecule has 0 spiro atoms. The van der Waals surface area contributed by atoms with E-state index in [4.69, 9.17) is 10.8 Å². The SMILES string of the molecule is CSCCC(N)C(=O)NC(CO)C(=O)NCC(=O)NC(C(=O)O)C(C)C. The first-order valence-electron chi connectivity index (χ1n) is 8.09. The quantitative estimate of drug-likeness (QED) is 0.219. The third-order valence-electron chi connectivity index (χ3n) is 3.46. The highest BCUT2D eigenvalue weighted by Gasteiger charge is 2.25. The summed E-state index contributed by atoms with van der Waals surface area (Å²) in [5, 5.41) is 25.1. The van der Waals surface area contributed by atoms with Gasteiger partial charge < -0.3 is 31.9 Å². The number of nitrogens with one attached hydrogen (secondary N) is 3. The minimum Gasteiger partial charge on any atom is -0.480 e. The van der Waals surface area contributed by atoms with Gasteiger partial charge >= 0.3 is 5.97 Å². The Morgan fingerprint density at radius 3 is 2.19 bits per heavy atom. The van der Waals surface area contributed by atoms with Crippen molar-refractivity contribution in [2.45, 2.75) is 38.4 Å². The summed E-state index contributed by atoms with van der Waals surface area (Å²) in [5.41, 5.74) is 5.68. The Morgan fingerprint density at radius 2 is 1.73 bits per heavy atom. The van der Waals surface area contributed by atoms with Gasteiger partial charge in [0, 0.05) is 0 Å². The summed E-state index contributed by atoms with van der Waals surface area (Å²) in [7, 11) is 0. The van der Waals surface area contributed by atoms with Crippen LogP contribution < -0.4 is 21.7 Å². The molecule has 3 amide bonds. The summed E-state index contributed by atoms with van der Waals surface area (Å²) in [6, 6.07) is -3.15. The van der Waals surface area contributed by atoms with Gasteiger partial charge in [0.25, 0.3) is 0 Å². The lowest BCUT2D eigenvalue weighted by molar-refractivity contribution is -0.143. The van der Waals surface area contributed by atoms with Crippen molar-refractivity contribution in [1.82, 2.24) is 16.0 Å². The average molecular weight is 392 g/mol. The highest BCUT2D eigenvalue weighted by Crippen LogP contribution is 2.01. The van der Waals surface area contributed by atoms with Crippen molar-refractivity contribution in [3.8, 4) is 0 Å². The van der Waals surface area contributed by atoms with Crippen molar-refractivity contribution < 1.29 is 29.4 Å². The minimum atomic E-state index is -1.25. The molecule has 26 heavy (non-hydrogen) atoms. The van der Waals surface area contributed by atoms with Crippen LogP contribution in [0.3, 0.4) is 0 Å². The van der Waals surface area contributed by atoms with Crippen molar-refractivity contribution in [1.29, 1.82) is 0 Å². The van der Waals surface area contributed by atoms with Gasteiger partial charge in [-0.15, -0.1) is 0 Å². The monoisotopic (exact) mass is 392 g/mol. The number of aliphatic hydroxyl groups excluding tert-OH is 1. The van der Waals surface area contributed by atoms with Gasteiger partial charge in [-0.3, -0.25) is 14.4 Å². The summed E-state index contributed by atoms with van der Waals surface area (Å²) in [6.07, 6.45) is 2.29. The van der Waals surface area contributed by atoms with E-state index in [-0.39, 0.29) is 5.92 Å². The second-order valence-corrected chi connectivity index (χ2v) is 6.96. The zero-order valence-corrected chi connectivity index (χ0v) is 16.0. The summed E-state index contributed by atoms with van der Waals surface area (Å²) < 4.78 is 0. The first kappa shape index (κ1) is 24.1. The fourth-order valence-electron chi connectivity index (χ4n) is 1.88. The highest BCUT2D eigenvalue weighted by atomic mass is 32.2. The number of amides is 3. The molecule has 0 aromatic rings. The molecule has 0 aliphatic carbocycles. The summed E-state index contributed by atoms with van der Waals surface area (Å²) in [4.78, 5) is 46.7. The molecule has 11 heteroatoms. The van der Waals surface area contributed by atoms with Crippen LogP contribution >= 0.6 is 11.8 Å². The molecule has 0 saturated heterocycles. The molecule has 150 valence electrons.